The zero-order valence-electron chi connectivity index (χ0n) is 11.5. The molecule has 1 aromatic carbocycles. The van der Waals surface area contributed by atoms with E-state index >= 15 is 0 Å². The van der Waals surface area contributed by atoms with Gasteiger partial charge in [0.1, 0.15) is 5.82 Å². The number of likely N-dealkylation sites (N-methyl/N-ethyl adjacent to an activating group) is 1. The van der Waals surface area contributed by atoms with Crippen molar-refractivity contribution in [3.8, 4) is 0 Å². The van der Waals surface area contributed by atoms with E-state index in [1.165, 1.54) is 17.0 Å². The third-order valence-corrected chi connectivity index (χ3v) is 4.73. The molecule has 1 nitrogen and oxygen atoms in total. The van der Waals surface area contributed by atoms with E-state index in [9.17, 15) is 4.39 Å². The van der Waals surface area contributed by atoms with Gasteiger partial charge < -0.3 is 5.32 Å². The van der Waals surface area contributed by atoms with Crippen LogP contribution < -0.4 is 5.32 Å². The molecule has 0 saturated carbocycles. The fraction of sp³-hybridized carbons (Fsp3) is 0.375. The molecule has 0 amide bonds. The van der Waals surface area contributed by atoms with Crippen molar-refractivity contribution in [2.45, 2.75) is 31.7 Å². The van der Waals surface area contributed by atoms with Crippen LogP contribution in [0.3, 0.4) is 0 Å². The smallest absolute Gasteiger partial charge is 0.124 e. The highest BCUT2D eigenvalue weighted by Crippen LogP contribution is 2.20. The van der Waals surface area contributed by atoms with Gasteiger partial charge >= 0.3 is 0 Å². The lowest BCUT2D eigenvalue weighted by Gasteiger charge is -2.16. The molecule has 1 unspecified atom stereocenters. The van der Waals surface area contributed by atoms with Gasteiger partial charge in [-0.2, -0.15) is 0 Å². The zero-order chi connectivity index (χ0) is 14.4. The molecule has 2 aromatic rings. The van der Waals surface area contributed by atoms with Crippen LogP contribution in [0.1, 0.15) is 23.3 Å². The summed E-state index contributed by atoms with van der Waals surface area (Å²) < 4.78 is 13.0. The summed E-state index contributed by atoms with van der Waals surface area (Å²) in [5.41, 5.74) is 1.00. The molecule has 0 spiro atoms. The van der Waals surface area contributed by atoms with E-state index in [2.05, 4.69) is 22.8 Å². The van der Waals surface area contributed by atoms with Crippen molar-refractivity contribution in [2.75, 3.05) is 7.05 Å². The SMILES string of the molecule is CNC(CCCc1cccs1)Cc1ccc(F)cc1Cl. The monoisotopic (exact) mass is 311 g/mol. The summed E-state index contributed by atoms with van der Waals surface area (Å²) in [6, 6.07) is 9.28. The number of nitrogens with one attached hydrogen (secondary N) is 1. The Bertz CT molecular complexity index is 527. The van der Waals surface area contributed by atoms with Crippen molar-refractivity contribution in [3.05, 3.63) is 57.0 Å². The highest BCUT2D eigenvalue weighted by Gasteiger charge is 2.10. The first-order valence-electron chi connectivity index (χ1n) is 6.82. The van der Waals surface area contributed by atoms with Gasteiger partial charge in [-0.3, -0.25) is 0 Å². The van der Waals surface area contributed by atoms with E-state index < -0.39 is 0 Å². The number of rotatable bonds is 7. The summed E-state index contributed by atoms with van der Waals surface area (Å²) in [5, 5.41) is 5.95. The van der Waals surface area contributed by atoms with Crippen LogP contribution in [-0.4, -0.2) is 13.1 Å². The quantitative estimate of drug-likeness (QED) is 0.782. The minimum atomic E-state index is -0.280. The minimum absolute atomic E-state index is 0.280. The number of thiophene rings is 1. The second-order valence-corrected chi connectivity index (χ2v) is 6.34. The molecule has 1 aromatic heterocycles. The second kappa shape index (κ2) is 7.77. The molecule has 1 N–H and O–H groups in total. The molecule has 2 rings (SSSR count). The second-order valence-electron chi connectivity index (χ2n) is 4.90. The largest absolute Gasteiger partial charge is 0.317 e. The summed E-state index contributed by atoms with van der Waals surface area (Å²) in [5.74, 6) is -0.280. The summed E-state index contributed by atoms with van der Waals surface area (Å²) in [7, 11) is 1.97. The Labute approximate surface area is 128 Å². The molecule has 4 heteroatoms. The van der Waals surface area contributed by atoms with Gasteiger partial charge in [-0.25, -0.2) is 4.39 Å². The van der Waals surface area contributed by atoms with Gasteiger partial charge in [0.2, 0.25) is 0 Å². The third-order valence-electron chi connectivity index (χ3n) is 3.45. The van der Waals surface area contributed by atoms with E-state index in [0.717, 1.165) is 31.2 Å². The average molecular weight is 312 g/mol. The number of hydrogen-bond donors (Lipinski definition) is 1. The number of benzene rings is 1. The van der Waals surface area contributed by atoms with Crippen molar-refractivity contribution in [1.82, 2.24) is 5.32 Å². The van der Waals surface area contributed by atoms with Gasteiger partial charge in [-0.15, -0.1) is 11.3 Å². The summed E-state index contributed by atoms with van der Waals surface area (Å²) in [6.07, 6.45) is 4.18. The lowest BCUT2D eigenvalue weighted by molar-refractivity contribution is 0.502. The Morgan fingerprint density at radius 3 is 2.85 bits per heavy atom. The maximum absolute atomic E-state index is 13.0. The summed E-state index contributed by atoms with van der Waals surface area (Å²) >= 11 is 7.89. The van der Waals surface area contributed by atoms with E-state index in [-0.39, 0.29) is 5.82 Å². The Kier molecular flexibility index (Phi) is 6.02. The first-order valence-corrected chi connectivity index (χ1v) is 8.08. The molecule has 0 aliphatic heterocycles. The normalized spacial score (nSPS) is 12.6. The van der Waals surface area contributed by atoms with Gasteiger partial charge in [0.05, 0.1) is 0 Å². The molecule has 0 aliphatic rings. The van der Waals surface area contributed by atoms with Crippen LogP contribution >= 0.6 is 22.9 Å². The van der Waals surface area contributed by atoms with Gasteiger partial charge in [-0.05, 0) is 61.9 Å². The number of aryl methyl sites for hydroxylation is 1. The fourth-order valence-electron chi connectivity index (χ4n) is 2.28. The van der Waals surface area contributed by atoms with Crippen LogP contribution in [0.15, 0.2) is 35.7 Å². The van der Waals surface area contributed by atoms with Crippen LogP contribution in [-0.2, 0) is 12.8 Å². The third kappa shape index (κ3) is 4.58. The summed E-state index contributed by atoms with van der Waals surface area (Å²) in [4.78, 5) is 1.43. The van der Waals surface area contributed by atoms with Crippen LogP contribution in [0.25, 0.3) is 0 Å². The van der Waals surface area contributed by atoms with Crippen molar-refractivity contribution < 1.29 is 4.39 Å². The van der Waals surface area contributed by atoms with E-state index in [4.69, 9.17) is 11.6 Å². The molecule has 0 fully saturated rings. The zero-order valence-corrected chi connectivity index (χ0v) is 13.1. The first-order chi connectivity index (χ1) is 9.69. The molecule has 0 bridgehead atoms. The topological polar surface area (TPSA) is 12.0 Å². The molecule has 20 heavy (non-hydrogen) atoms. The molecule has 108 valence electrons. The maximum atomic E-state index is 13.0. The van der Waals surface area contributed by atoms with Crippen molar-refractivity contribution in [1.29, 1.82) is 0 Å². The van der Waals surface area contributed by atoms with E-state index in [1.807, 2.05) is 18.4 Å². The lowest BCUT2D eigenvalue weighted by atomic mass is 10.0. The lowest BCUT2D eigenvalue weighted by Crippen LogP contribution is -2.27. The standard InChI is InChI=1S/C16H19ClFNS/c1-19-14(4-2-5-15-6-3-9-20-15)10-12-7-8-13(18)11-16(12)17/h3,6-9,11,14,19H,2,4-5,10H2,1H3. The maximum Gasteiger partial charge on any atom is 0.124 e. The van der Waals surface area contributed by atoms with Crippen molar-refractivity contribution in [3.63, 3.8) is 0 Å². The van der Waals surface area contributed by atoms with Crippen LogP contribution in [0.4, 0.5) is 4.39 Å². The molecular formula is C16H19ClFNS. The van der Waals surface area contributed by atoms with Gasteiger partial charge in [0.25, 0.3) is 0 Å². The fourth-order valence-corrected chi connectivity index (χ4v) is 3.27. The van der Waals surface area contributed by atoms with Crippen molar-refractivity contribution >= 4 is 22.9 Å². The summed E-state index contributed by atoms with van der Waals surface area (Å²) in [6.45, 7) is 0. The van der Waals surface area contributed by atoms with Crippen LogP contribution in [0.2, 0.25) is 5.02 Å². The Hall–Kier alpha value is -0.900. The van der Waals surface area contributed by atoms with E-state index in [1.54, 1.807) is 6.07 Å². The highest BCUT2D eigenvalue weighted by atomic mass is 35.5. The predicted octanol–water partition coefficient (Wildman–Crippen LogP) is 4.69. The first kappa shape index (κ1) is 15.5. The molecular weight excluding hydrogens is 293 g/mol. The van der Waals surface area contributed by atoms with Gasteiger partial charge in [-0.1, -0.05) is 23.7 Å². The predicted molar refractivity (Wildman–Crippen MR) is 85.2 cm³/mol. The number of hydrogen-bond acceptors (Lipinski definition) is 2. The van der Waals surface area contributed by atoms with Gasteiger partial charge in [0, 0.05) is 15.9 Å². The van der Waals surface area contributed by atoms with Crippen LogP contribution in [0, 0.1) is 5.82 Å². The van der Waals surface area contributed by atoms with E-state index in [0.29, 0.717) is 11.1 Å². The molecule has 1 atom stereocenters. The molecule has 0 saturated heterocycles. The molecule has 1 heterocycles. The molecule has 0 radical (unpaired) electrons. The Morgan fingerprint density at radius 1 is 1.35 bits per heavy atom. The average Bonchev–Trinajstić information content (AvgIpc) is 2.93. The minimum Gasteiger partial charge on any atom is -0.317 e. The Balaban J connectivity index is 1.85. The van der Waals surface area contributed by atoms with Crippen molar-refractivity contribution in [2.24, 2.45) is 0 Å². The molecule has 0 aliphatic carbocycles. The Morgan fingerprint density at radius 2 is 2.20 bits per heavy atom. The highest BCUT2D eigenvalue weighted by molar-refractivity contribution is 7.09. The van der Waals surface area contributed by atoms with Gasteiger partial charge in [0.15, 0.2) is 0 Å². The van der Waals surface area contributed by atoms with Crippen LogP contribution in [0.5, 0.6) is 0 Å². The number of halogens is 2.